The summed E-state index contributed by atoms with van der Waals surface area (Å²) in [4.78, 5) is 17.6. The lowest BCUT2D eigenvalue weighted by Gasteiger charge is -2.11. The highest BCUT2D eigenvalue weighted by Gasteiger charge is 2.12. The van der Waals surface area contributed by atoms with Gasteiger partial charge >= 0.3 is 6.03 Å². The van der Waals surface area contributed by atoms with Gasteiger partial charge in [0.15, 0.2) is 16.6 Å². The van der Waals surface area contributed by atoms with Gasteiger partial charge in [-0.05, 0) is 18.2 Å². The number of para-hydroxylation sites is 1. The van der Waals surface area contributed by atoms with E-state index in [-0.39, 0.29) is 5.69 Å². The molecule has 0 saturated heterocycles. The third-order valence-electron chi connectivity index (χ3n) is 3.72. The van der Waals surface area contributed by atoms with E-state index < -0.39 is 17.7 Å². The van der Waals surface area contributed by atoms with Gasteiger partial charge in [-0.25, -0.2) is 18.6 Å². The normalized spacial score (nSPS) is 10.8. The molecular weight excluding hydrogens is 358 g/mol. The first-order chi connectivity index (χ1) is 12.6. The number of urea groups is 1. The molecule has 2 aromatic carbocycles. The van der Waals surface area contributed by atoms with Crippen molar-refractivity contribution >= 4 is 33.7 Å². The van der Waals surface area contributed by atoms with Gasteiger partial charge in [-0.15, -0.1) is 11.3 Å². The van der Waals surface area contributed by atoms with Gasteiger partial charge in [0.25, 0.3) is 0 Å². The average Bonchev–Trinajstić information content (AvgIpc) is 3.20. The summed E-state index contributed by atoms with van der Waals surface area (Å²) in [7, 11) is 0. The lowest BCUT2D eigenvalue weighted by molar-refractivity contribution is 0.262. The van der Waals surface area contributed by atoms with E-state index >= 15 is 0 Å². The van der Waals surface area contributed by atoms with Crippen molar-refractivity contribution in [2.75, 3.05) is 10.6 Å². The van der Waals surface area contributed by atoms with Gasteiger partial charge in [0.1, 0.15) is 0 Å². The highest BCUT2D eigenvalue weighted by molar-refractivity contribution is 7.15. The molecule has 5 nitrogen and oxygen atoms in total. The number of aromatic nitrogens is 2. The molecule has 4 rings (SSSR count). The molecule has 2 heterocycles. The Labute approximate surface area is 150 Å². The predicted octanol–water partition coefficient (Wildman–Crippen LogP) is 4.99. The first kappa shape index (κ1) is 16.2. The minimum absolute atomic E-state index is 0.154. The number of nitrogens with one attached hydrogen (secondary N) is 2. The molecule has 8 heteroatoms. The minimum Gasteiger partial charge on any atom is -0.308 e. The van der Waals surface area contributed by atoms with Crippen LogP contribution < -0.4 is 10.6 Å². The summed E-state index contributed by atoms with van der Waals surface area (Å²) in [6, 6.07) is 9.82. The van der Waals surface area contributed by atoms with E-state index in [0.717, 1.165) is 28.4 Å². The number of halogens is 2. The zero-order valence-electron chi connectivity index (χ0n) is 13.2. The van der Waals surface area contributed by atoms with Crippen LogP contribution in [-0.4, -0.2) is 15.4 Å². The fourth-order valence-corrected chi connectivity index (χ4v) is 3.23. The Balaban J connectivity index is 1.57. The van der Waals surface area contributed by atoms with Crippen LogP contribution in [-0.2, 0) is 0 Å². The molecule has 0 atom stereocenters. The molecule has 0 bridgehead atoms. The predicted molar refractivity (Wildman–Crippen MR) is 97.5 cm³/mol. The van der Waals surface area contributed by atoms with E-state index in [1.165, 1.54) is 17.4 Å². The minimum atomic E-state index is -1.03. The number of thiazole rings is 1. The van der Waals surface area contributed by atoms with Crippen LogP contribution >= 0.6 is 11.3 Å². The van der Waals surface area contributed by atoms with Crippen LogP contribution in [0.4, 0.5) is 25.0 Å². The molecular formula is C18H12F2N4OS. The number of benzene rings is 2. The summed E-state index contributed by atoms with van der Waals surface area (Å²) in [6.45, 7) is 0. The van der Waals surface area contributed by atoms with E-state index in [2.05, 4.69) is 15.6 Å². The van der Waals surface area contributed by atoms with Crippen LogP contribution in [0.5, 0.6) is 0 Å². The SMILES string of the molecule is O=C(Nc1ccc(F)c(F)c1)Nc1ccccc1-c1cn2ccsc2n1. The fraction of sp³-hybridized carbons (Fsp3) is 0. The Morgan fingerprint density at radius 2 is 1.92 bits per heavy atom. The fourth-order valence-electron chi connectivity index (χ4n) is 2.53. The van der Waals surface area contributed by atoms with Crippen molar-refractivity contribution in [1.29, 1.82) is 0 Å². The van der Waals surface area contributed by atoms with Gasteiger partial charge < -0.3 is 10.6 Å². The van der Waals surface area contributed by atoms with Gasteiger partial charge in [0.05, 0.1) is 11.4 Å². The Kier molecular flexibility index (Phi) is 4.10. The Bertz CT molecular complexity index is 1080. The molecule has 0 saturated carbocycles. The Hall–Kier alpha value is -3.26. The lowest BCUT2D eigenvalue weighted by Crippen LogP contribution is -2.20. The van der Waals surface area contributed by atoms with Crippen molar-refractivity contribution in [3.8, 4) is 11.3 Å². The highest BCUT2D eigenvalue weighted by Crippen LogP contribution is 2.28. The van der Waals surface area contributed by atoms with Crippen molar-refractivity contribution in [3.63, 3.8) is 0 Å². The molecule has 0 unspecified atom stereocenters. The molecule has 2 N–H and O–H groups in total. The van der Waals surface area contributed by atoms with Crippen molar-refractivity contribution < 1.29 is 13.6 Å². The molecule has 130 valence electrons. The van der Waals surface area contributed by atoms with E-state index in [1.807, 2.05) is 34.3 Å². The van der Waals surface area contributed by atoms with Crippen LogP contribution in [0.25, 0.3) is 16.2 Å². The van der Waals surface area contributed by atoms with E-state index in [9.17, 15) is 13.6 Å². The number of imidazole rings is 1. The van der Waals surface area contributed by atoms with Gasteiger partial charge in [-0.2, -0.15) is 0 Å². The number of fused-ring (bicyclic) bond motifs is 1. The molecule has 2 amide bonds. The average molecular weight is 370 g/mol. The van der Waals surface area contributed by atoms with Crippen LogP contribution in [0.2, 0.25) is 0 Å². The second-order valence-electron chi connectivity index (χ2n) is 5.47. The van der Waals surface area contributed by atoms with E-state index in [1.54, 1.807) is 12.1 Å². The zero-order chi connectivity index (χ0) is 18.1. The maximum Gasteiger partial charge on any atom is 0.323 e. The monoisotopic (exact) mass is 370 g/mol. The van der Waals surface area contributed by atoms with Crippen molar-refractivity contribution in [2.45, 2.75) is 0 Å². The largest absolute Gasteiger partial charge is 0.323 e. The zero-order valence-corrected chi connectivity index (χ0v) is 14.1. The quantitative estimate of drug-likeness (QED) is 0.534. The molecule has 0 radical (unpaired) electrons. The molecule has 4 aromatic rings. The molecule has 0 spiro atoms. The Morgan fingerprint density at radius 3 is 2.73 bits per heavy atom. The first-order valence-electron chi connectivity index (χ1n) is 7.65. The number of rotatable bonds is 3. The second-order valence-corrected chi connectivity index (χ2v) is 6.35. The Morgan fingerprint density at radius 1 is 1.08 bits per heavy atom. The molecule has 0 fully saturated rings. The van der Waals surface area contributed by atoms with Crippen molar-refractivity contribution in [1.82, 2.24) is 9.38 Å². The summed E-state index contributed by atoms with van der Waals surface area (Å²) < 4.78 is 28.1. The van der Waals surface area contributed by atoms with Crippen LogP contribution in [0.1, 0.15) is 0 Å². The summed E-state index contributed by atoms with van der Waals surface area (Å²) >= 11 is 1.51. The van der Waals surface area contributed by atoms with Gasteiger partial charge in [-0.3, -0.25) is 4.40 Å². The molecule has 0 aliphatic carbocycles. The third-order valence-corrected chi connectivity index (χ3v) is 4.49. The summed E-state index contributed by atoms with van der Waals surface area (Å²) in [5.74, 6) is -2.00. The number of hydrogen-bond donors (Lipinski definition) is 2. The van der Waals surface area contributed by atoms with Gasteiger partial charge in [-0.1, -0.05) is 18.2 Å². The molecule has 2 aromatic heterocycles. The maximum atomic E-state index is 13.3. The standard InChI is InChI=1S/C18H12F2N4OS/c19-13-6-5-11(9-14(13)20)21-17(25)22-15-4-2-1-3-12(15)16-10-24-7-8-26-18(24)23-16/h1-10H,(H2,21,22,25). The number of nitrogens with zero attached hydrogens (tertiary/aromatic N) is 2. The van der Waals surface area contributed by atoms with Crippen molar-refractivity contribution in [2.24, 2.45) is 0 Å². The second kappa shape index (κ2) is 6.57. The van der Waals surface area contributed by atoms with E-state index in [4.69, 9.17) is 0 Å². The highest BCUT2D eigenvalue weighted by atomic mass is 32.1. The molecule has 0 aliphatic rings. The molecule has 26 heavy (non-hydrogen) atoms. The smallest absolute Gasteiger partial charge is 0.308 e. The topological polar surface area (TPSA) is 58.4 Å². The number of carbonyl (C=O) groups excluding carboxylic acids is 1. The summed E-state index contributed by atoms with van der Waals surface area (Å²) in [5.41, 5.74) is 2.18. The van der Waals surface area contributed by atoms with Crippen LogP contribution in [0.3, 0.4) is 0 Å². The van der Waals surface area contributed by atoms with E-state index in [0.29, 0.717) is 5.69 Å². The maximum absolute atomic E-state index is 13.3. The van der Waals surface area contributed by atoms with Gasteiger partial charge in [0, 0.05) is 35.1 Å². The number of anilines is 2. The van der Waals surface area contributed by atoms with Gasteiger partial charge in [0.2, 0.25) is 0 Å². The van der Waals surface area contributed by atoms with Crippen LogP contribution in [0.15, 0.2) is 60.2 Å². The summed E-state index contributed by atoms with van der Waals surface area (Å²) in [5, 5.41) is 7.13. The number of carbonyl (C=O) groups is 1. The lowest BCUT2D eigenvalue weighted by atomic mass is 10.1. The summed E-state index contributed by atoms with van der Waals surface area (Å²) in [6.07, 6.45) is 3.78. The van der Waals surface area contributed by atoms with Crippen molar-refractivity contribution in [3.05, 3.63) is 71.9 Å². The number of amides is 2. The number of hydrogen-bond acceptors (Lipinski definition) is 3. The molecule has 0 aliphatic heterocycles. The third kappa shape index (κ3) is 3.14. The van der Waals surface area contributed by atoms with Crippen LogP contribution in [0, 0.1) is 11.6 Å². The first-order valence-corrected chi connectivity index (χ1v) is 8.53.